The summed E-state index contributed by atoms with van der Waals surface area (Å²) < 4.78 is 0. The van der Waals surface area contributed by atoms with E-state index in [4.69, 9.17) is 11.6 Å². The normalized spacial score (nSPS) is 15.6. The molecular weight excluding hydrogens is 378 g/mol. The minimum atomic E-state index is -0.477. The Bertz CT molecular complexity index is 919. The summed E-state index contributed by atoms with van der Waals surface area (Å²) in [6.07, 6.45) is 7.19. The number of aromatic nitrogens is 2. The molecule has 1 saturated carbocycles. The average molecular weight is 398 g/mol. The summed E-state index contributed by atoms with van der Waals surface area (Å²) in [6, 6.07) is 9.70. The Labute approximate surface area is 167 Å². The molecule has 1 N–H and O–H groups in total. The smallest absolute Gasteiger partial charge is 0.230 e. The highest BCUT2D eigenvalue weighted by Gasteiger charge is 2.42. The van der Waals surface area contributed by atoms with Crippen molar-refractivity contribution in [2.45, 2.75) is 37.6 Å². The highest BCUT2D eigenvalue weighted by molar-refractivity contribution is 7.08. The van der Waals surface area contributed by atoms with Crippen LogP contribution in [0.4, 0.5) is 0 Å². The fraction of sp³-hybridized carbons (Fsp3) is 0.286. The zero-order valence-electron chi connectivity index (χ0n) is 14.8. The third kappa shape index (κ3) is 3.62. The number of amides is 1. The van der Waals surface area contributed by atoms with Crippen molar-refractivity contribution in [3.8, 4) is 11.3 Å². The molecular formula is C21H20ClN3OS. The van der Waals surface area contributed by atoms with Crippen molar-refractivity contribution in [3.63, 3.8) is 0 Å². The topological polar surface area (TPSA) is 54.9 Å². The second-order valence-electron chi connectivity index (χ2n) is 6.84. The molecule has 0 radical (unpaired) electrons. The molecule has 0 atom stereocenters. The van der Waals surface area contributed by atoms with Gasteiger partial charge in [-0.15, -0.1) is 0 Å². The van der Waals surface area contributed by atoms with Gasteiger partial charge in [-0.05, 0) is 42.0 Å². The van der Waals surface area contributed by atoms with Gasteiger partial charge in [-0.2, -0.15) is 11.3 Å². The second kappa shape index (κ2) is 7.79. The first-order valence-electron chi connectivity index (χ1n) is 9.06. The molecule has 0 spiro atoms. The van der Waals surface area contributed by atoms with E-state index in [1.54, 1.807) is 23.7 Å². The Balaban J connectivity index is 1.56. The molecule has 1 aliphatic carbocycles. The van der Waals surface area contributed by atoms with Gasteiger partial charge in [-0.3, -0.25) is 14.8 Å². The number of hydrogen-bond donors (Lipinski definition) is 1. The van der Waals surface area contributed by atoms with Crippen LogP contribution in [0.2, 0.25) is 5.02 Å². The molecule has 0 bridgehead atoms. The van der Waals surface area contributed by atoms with Crippen LogP contribution in [0.3, 0.4) is 0 Å². The first kappa shape index (κ1) is 18.1. The van der Waals surface area contributed by atoms with E-state index in [1.165, 1.54) is 0 Å². The predicted octanol–water partition coefficient (Wildman–Crippen LogP) is 4.99. The number of nitrogens with one attached hydrogen (secondary N) is 1. The second-order valence-corrected chi connectivity index (χ2v) is 8.06. The summed E-state index contributed by atoms with van der Waals surface area (Å²) in [4.78, 5) is 22.1. The zero-order valence-corrected chi connectivity index (χ0v) is 16.4. The summed E-state index contributed by atoms with van der Waals surface area (Å²) in [6.45, 7) is 0.368. The van der Waals surface area contributed by atoms with Gasteiger partial charge in [0.25, 0.3) is 0 Å². The van der Waals surface area contributed by atoms with E-state index < -0.39 is 5.41 Å². The van der Waals surface area contributed by atoms with Crippen molar-refractivity contribution in [1.29, 1.82) is 0 Å². The Morgan fingerprint density at radius 2 is 1.85 bits per heavy atom. The molecule has 6 heteroatoms. The molecule has 27 heavy (non-hydrogen) atoms. The maximum absolute atomic E-state index is 13.2. The minimum Gasteiger partial charge on any atom is -0.350 e. The van der Waals surface area contributed by atoms with Crippen LogP contribution in [-0.4, -0.2) is 15.9 Å². The first-order valence-corrected chi connectivity index (χ1v) is 10.4. The number of nitrogens with zero attached hydrogens (tertiary/aromatic N) is 2. The standard InChI is InChI=1S/C21H20ClN3OS/c22-17-5-3-16(4-6-17)21(8-1-2-9-21)20(26)25-13-18-19(24-11-10-23-18)15-7-12-27-14-15/h3-7,10-12,14H,1-2,8-9,13H2,(H,25,26). The lowest BCUT2D eigenvalue weighted by Crippen LogP contribution is -2.42. The van der Waals surface area contributed by atoms with Crippen LogP contribution in [0, 0.1) is 0 Å². The Morgan fingerprint density at radius 1 is 1.11 bits per heavy atom. The van der Waals surface area contributed by atoms with E-state index in [-0.39, 0.29) is 5.91 Å². The van der Waals surface area contributed by atoms with E-state index in [0.717, 1.165) is 48.2 Å². The van der Waals surface area contributed by atoms with Crippen molar-refractivity contribution in [1.82, 2.24) is 15.3 Å². The van der Waals surface area contributed by atoms with Gasteiger partial charge in [0.05, 0.1) is 23.3 Å². The van der Waals surface area contributed by atoms with E-state index in [1.807, 2.05) is 41.1 Å². The Kier molecular flexibility index (Phi) is 5.23. The molecule has 4 rings (SSSR count). The number of carbonyl (C=O) groups is 1. The van der Waals surface area contributed by atoms with Crippen molar-refractivity contribution >= 4 is 28.8 Å². The van der Waals surface area contributed by atoms with Crippen molar-refractivity contribution < 1.29 is 4.79 Å². The van der Waals surface area contributed by atoms with Crippen LogP contribution in [0.5, 0.6) is 0 Å². The Hall–Kier alpha value is -2.24. The summed E-state index contributed by atoms with van der Waals surface area (Å²) in [5.74, 6) is 0.0595. The van der Waals surface area contributed by atoms with Gasteiger partial charge >= 0.3 is 0 Å². The van der Waals surface area contributed by atoms with E-state index in [9.17, 15) is 4.79 Å². The molecule has 0 saturated heterocycles. The monoisotopic (exact) mass is 397 g/mol. The minimum absolute atomic E-state index is 0.0595. The lowest BCUT2D eigenvalue weighted by molar-refractivity contribution is -0.126. The molecule has 2 aromatic heterocycles. The fourth-order valence-corrected chi connectivity index (χ4v) is 4.63. The van der Waals surface area contributed by atoms with Crippen LogP contribution in [0.15, 0.2) is 53.5 Å². The number of carbonyl (C=O) groups excluding carboxylic acids is 1. The maximum Gasteiger partial charge on any atom is 0.230 e. The summed E-state index contributed by atoms with van der Waals surface area (Å²) >= 11 is 7.66. The molecule has 4 nitrogen and oxygen atoms in total. The molecule has 1 fully saturated rings. The predicted molar refractivity (Wildman–Crippen MR) is 109 cm³/mol. The summed E-state index contributed by atoms with van der Waals surface area (Å²) in [5, 5.41) is 7.87. The van der Waals surface area contributed by atoms with Gasteiger partial charge in [-0.1, -0.05) is 36.6 Å². The van der Waals surface area contributed by atoms with Gasteiger partial charge in [0.15, 0.2) is 0 Å². The van der Waals surface area contributed by atoms with E-state index >= 15 is 0 Å². The SMILES string of the molecule is O=C(NCc1nccnc1-c1ccsc1)C1(c2ccc(Cl)cc2)CCCC1. The lowest BCUT2D eigenvalue weighted by atomic mass is 9.78. The first-order chi connectivity index (χ1) is 13.2. The summed E-state index contributed by atoms with van der Waals surface area (Å²) in [7, 11) is 0. The van der Waals surface area contributed by atoms with Crippen LogP contribution >= 0.6 is 22.9 Å². The maximum atomic E-state index is 13.2. The highest BCUT2D eigenvalue weighted by Crippen LogP contribution is 2.41. The molecule has 0 unspecified atom stereocenters. The van der Waals surface area contributed by atoms with Crippen LogP contribution in [0.25, 0.3) is 11.3 Å². The van der Waals surface area contributed by atoms with Gasteiger partial charge in [-0.25, -0.2) is 0 Å². The molecule has 0 aliphatic heterocycles. The van der Waals surface area contributed by atoms with E-state index in [0.29, 0.717) is 11.6 Å². The van der Waals surface area contributed by atoms with Crippen LogP contribution in [-0.2, 0) is 16.8 Å². The molecule has 1 aliphatic rings. The number of rotatable bonds is 5. The van der Waals surface area contributed by atoms with Crippen LogP contribution < -0.4 is 5.32 Å². The number of benzene rings is 1. The lowest BCUT2D eigenvalue weighted by Gasteiger charge is -2.28. The van der Waals surface area contributed by atoms with Gasteiger partial charge in [0.1, 0.15) is 0 Å². The average Bonchev–Trinajstić information content (AvgIpc) is 3.39. The molecule has 1 amide bonds. The third-order valence-corrected chi connectivity index (χ3v) is 6.21. The molecule has 1 aromatic carbocycles. The number of halogens is 1. The van der Waals surface area contributed by atoms with E-state index in [2.05, 4.69) is 15.3 Å². The van der Waals surface area contributed by atoms with Crippen LogP contribution in [0.1, 0.15) is 36.9 Å². The van der Waals surface area contributed by atoms with Crippen molar-refractivity contribution in [2.75, 3.05) is 0 Å². The van der Waals surface area contributed by atoms with Gasteiger partial charge in [0, 0.05) is 28.4 Å². The Morgan fingerprint density at radius 3 is 2.56 bits per heavy atom. The van der Waals surface area contributed by atoms with Gasteiger partial charge < -0.3 is 5.32 Å². The fourth-order valence-electron chi connectivity index (χ4n) is 3.86. The number of hydrogen-bond acceptors (Lipinski definition) is 4. The zero-order chi connectivity index (χ0) is 18.7. The largest absolute Gasteiger partial charge is 0.350 e. The molecule has 2 heterocycles. The quantitative estimate of drug-likeness (QED) is 0.660. The molecule has 138 valence electrons. The summed E-state index contributed by atoms with van der Waals surface area (Å²) in [5.41, 5.74) is 3.21. The number of thiophene rings is 1. The van der Waals surface area contributed by atoms with Crippen molar-refractivity contribution in [3.05, 3.63) is 69.8 Å². The van der Waals surface area contributed by atoms with Crippen molar-refractivity contribution in [2.24, 2.45) is 0 Å². The highest BCUT2D eigenvalue weighted by atomic mass is 35.5. The molecule has 3 aromatic rings. The van der Waals surface area contributed by atoms with Gasteiger partial charge in [0.2, 0.25) is 5.91 Å². The third-order valence-electron chi connectivity index (χ3n) is 5.27.